The molecule has 0 aromatic carbocycles. The summed E-state index contributed by atoms with van der Waals surface area (Å²) in [7, 11) is -3.34. The van der Waals surface area contributed by atoms with Crippen LogP contribution in [0, 0.1) is 5.41 Å². The van der Waals surface area contributed by atoms with Crippen LogP contribution in [0.25, 0.3) is 0 Å². The van der Waals surface area contributed by atoms with Gasteiger partial charge in [0, 0.05) is 24.0 Å². The van der Waals surface area contributed by atoms with Gasteiger partial charge >= 0.3 is 0 Å². The zero-order chi connectivity index (χ0) is 15.5. The third kappa shape index (κ3) is 4.77. The first-order valence-corrected chi connectivity index (χ1v) is 9.92. The molecule has 1 aromatic rings. The molecule has 1 fully saturated rings. The van der Waals surface area contributed by atoms with Crippen LogP contribution in [0.3, 0.4) is 0 Å². The zero-order valence-corrected chi connectivity index (χ0v) is 14.7. The van der Waals surface area contributed by atoms with E-state index in [1.807, 2.05) is 6.07 Å². The summed E-state index contributed by atoms with van der Waals surface area (Å²) in [6, 6.07) is 4.10. The van der Waals surface area contributed by atoms with Crippen molar-refractivity contribution in [3.8, 4) is 0 Å². The van der Waals surface area contributed by atoms with E-state index >= 15 is 0 Å². The highest BCUT2D eigenvalue weighted by atomic mass is 32.2. The number of sulfonamides is 1. The molecule has 0 radical (unpaired) electrons. The van der Waals surface area contributed by atoms with Gasteiger partial charge in [0.2, 0.25) is 10.0 Å². The monoisotopic (exact) mass is 330 g/mol. The highest BCUT2D eigenvalue weighted by Gasteiger charge is 2.33. The fourth-order valence-electron chi connectivity index (χ4n) is 2.42. The average molecular weight is 331 g/mol. The van der Waals surface area contributed by atoms with Crippen molar-refractivity contribution in [1.29, 1.82) is 0 Å². The van der Waals surface area contributed by atoms with Gasteiger partial charge in [-0.2, -0.15) is 0 Å². The van der Waals surface area contributed by atoms with Crippen LogP contribution in [-0.2, 0) is 16.4 Å². The SMILES string of the molecule is CC(C)NCCc1ccc(S(=O)(=O)NCC2(C)CCC2)s1. The molecular weight excluding hydrogens is 304 g/mol. The second-order valence-electron chi connectivity index (χ2n) is 6.57. The molecule has 0 amide bonds. The Morgan fingerprint density at radius 1 is 1.33 bits per heavy atom. The van der Waals surface area contributed by atoms with Crippen molar-refractivity contribution in [1.82, 2.24) is 10.0 Å². The number of thiophene rings is 1. The minimum absolute atomic E-state index is 0.161. The second-order valence-corrected chi connectivity index (χ2v) is 9.73. The standard InChI is InChI=1S/C15H26N2O2S2/c1-12(2)16-10-7-13-5-6-14(20-13)21(18,19)17-11-15(3)8-4-9-15/h5-6,12,16-17H,4,7-11H2,1-3H3. The summed E-state index contributed by atoms with van der Waals surface area (Å²) in [6.45, 7) is 7.79. The van der Waals surface area contributed by atoms with Crippen molar-refractivity contribution in [3.63, 3.8) is 0 Å². The lowest BCUT2D eigenvalue weighted by Crippen LogP contribution is -2.39. The van der Waals surface area contributed by atoms with Gasteiger partial charge in [0.15, 0.2) is 0 Å². The number of nitrogens with one attached hydrogen (secondary N) is 2. The van der Waals surface area contributed by atoms with Crippen molar-refractivity contribution in [2.45, 2.75) is 56.7 Å². The van der Waals surface area contributed by atoms with Gasteiger partial charge in [0.1, 0.15) is 4.21 Å². The molecule has 1 saturated carbocycles. The van der Waals surface area contributed by atoms with E-state index in [0.29, 0.717) is 16.8 Å². The zero-order valence-electron chi connectivity index (χ0n) is 13.1. The summed E-state index contributed by atoms with van der Waals surface area (Å²) in [5, 5.41) is 3.34. The molecule has 1 heterocycles. The van der Waals surface area contributed by atoms with Gasteiger partial charge in [-0.15, -0.1) is 11.3 Å². The molecule has 1 aromatic heterocycles. The Kier molecular flexibility index (Phi) is 5.46. The first-order chi connectivity index (χ1) is 9.81. The summed E-state index contributed by atoms with van der Waals surface area (Å²) in [4.78, 5) is 1.11. The second kappa shape index (κ2) is 6.77. The molecule has 120 valence electrons. The van der Waals surface area contributed by atoms with Crippen LogP contribution in [-0.4, -0.2) is 27.5 Å². The van der Waals surface area contributed by atoms with Crippen LogP contribution < -0.4 is 10.0 Å². The lowest BCUT2D eigenvalue weighted by Gasteiger charge is -2.38. The quantitative estimate of drug-likeness (QED) is 0.770. The minimum atomic E-state index is -3.34. The van der Waals surface area contributed by atoms with Crippen LogP contribution in [0.15, 0.2) is 16.3 Å². The van der Waals surface area contributed by atoms with Gasteiger partial charge in [-0.05, 0) is 36.8 Å². The Bertz CT molecular complexity index is 560. The van der Waals surface area contributed by atoms with E-state index < -0.39 is 10.0 Å². The molecule has 4 nitrogen and oxygen atoms in total. The van der Waals surface area contributed by atoms with Crippen LogP contribution >= 0.6 is 11.3 Å². The Morgan fingerprint density at radius 2 is 2.05 bits per heavy atom. The molecule has 0 unspecified atom stereocenters. The minimum Gasteiger partial charge on any atom is -0.314 e. The van der Waals surface area contributed by atoms with Crippen molar-refractivity contribution in [2.75, 3.05) is 13.1 Å². The van der Waals surface area contributed by atoms with Crippen molar-refractivity contribution in [3.05, 3.63) is 17.0 Å². The van der Waals surface area contributed by atoms with Crippen molar-refractivity contribution < 1.29 is 8.42 Å². The number of hydrogen-bond donors (Lipinski definition) is 2. The predicted octanol–water partition coefficient (Wildman–Crippen LogP) is 2.76. The molecule has 1 aliphatic carbocycles. The molecular formula is C15H26N2O2S2. The van der Waals surface area contributed by atoms with Crippen molar-refractivity contribution in [2.24, 2.45) is 5.41 Å². The van der Waals surface area contributed by atoms with Crippen LogP contribution in [0.2, 0.25) is 0 Å². The Balaban J connectivity index is 1.89. The van der Waals surface area contributed by atoms with Gasteiger partial charge in [-0.3, -0.25) is 0 Å². The van der Waals surface area contributed by atoms with E-state index in [4.69, 9.17) is 0 Å². The summed E-state index contributed by atoms with van der Waals surface area (Å²) in [5.41, 5.74) is 0.161. The lowest BCUT2D eigenvalue weighted by atomic mass is 9.71. The Hall–Kier alpha value is -0.430. The molecule has 0 bridgehead atoms. The fourth-order valence-corrected chi connectivity index (χ4v) is 5.02. The third-order valence-electron chi connectivity index (χ3n) is 4.08. The molecule has 2 rings (SSSR count). The maximum atomic E-state index is 12.3. The predicted molar refractivity (Wildman–Crippen MR) is 88.3 cm³/mol. The average Bonchev–Trinajstić information content (AvgIpc) is 2.83. The van der Waals surface area contributed by atoms with Crippen molar-refractivity contribution >= 4 is 21.4 Å². The van der Waals surface area contributed by atoms with Crippen LogP contribution in [0.5, 0.6) is 0 Å². The molecule has 6 heteroatoms. The third-order valence-corrected chi connectivity index (χ3v) is 7.11. The summed E-state index contributed by atoms with van der Waals surface area (Å²) < 4.78 is 27.8. The van der Waals surface area contributed by atoms with Gasteiger partial charge in [-0.25, -0.2) is 13.1 Å². The number of rotatable bonds is 8. The first kappa shape index (κ1) is 16.9. The van der Waals surface area contributed by atoms with Gasteiger partial charge in [0.05, 0.1) is 0 Å². The Labute approximate surface area is 132 Å². The first-order valence-electron chi connectivity index (χ1n) is 7.63. The largest absolute Gasteiger partial charge is 0.314 e. The summed E-state index contributed by atoms with van der Waals surface area (Å²) >= 11 is 1.38. The molecule has 0 spiro atoms. The van der Waals surface area contributed by atoms with E-state index in [1.54, 1.807) is 6.07 Å². The highest BCUT2D eigenvalue weighted by molar-refractivity contribution is 7.91. The Morgan fingerprint density at radius 3 is 2.62 bits per heavy atom. The number of hydrogen-bond acceptors (Lipinski definition) is 4. The van der Waals surface area contributed by atoms with E-state index in [1.165, 1.54) is 17.8 Å². The molecule has 21 heavy (non-hydrogen) atoms. The summed E-state index contributed by atoms with van der Waals surface area (Å²) in [5.74, 6) is 0. The topological polar surface area (TPSA) is 58.2 Å². The molecule has 2 N–H and O–H groups in total. The lowest BCUT2D eigenvalue weighted by molar-refractivity contribution is 0.166. The molecule has 0 aliphatic heterocycles. The van der Waals surface area contributed by atoms with Crippen LogP contribution in [0.1, 0.15) is 44.9 Å². The van der Waals surface area contributed by atoms with E-state index in [0.717, 1.165) is 30.7 Å². The summed E-state index contributed by atoms with van der Waals surface area (Å²) in [6.07, 6.45) is 4.32. The normalized spacial score (nSPS) is 17.9. The van der Waals surface area contributed by atoms with Gasteiger partial charge in [0.25, 0.3) is 0 Å². The smallest absolute Gasteiger partial charge is 0.250 e. The molecule has 0 atom stereocenters. The van der Waals surface area contributed by atoms with Crippen LogP contribution in [0.4, 0.5) is 0 Å². The molecule has 0 saturated heterocycles. The van der Waals surface area contributed by atoms with E-state index in [9.17, 15) is 8.42 Å². The fraction of sp³-hybridized carbons (Fsp3) is 0.733. The maximum Gasteiger partial charge on any atom is 0.250 e. The molecule has 1 aliphatic rings. The van der Waals surface area contributed by atoms with E-state index in [-0.39, 0.29) is 5.41 Å². The van der Waals surface area contributed by atoms with E-state index in [2.05, 4.69) is 30.8 Å². The maximum absolute atomic E-state index is 12.3. The highest BCUT2D eigenvalue weighted by Crippen LogP contribution is 2.39. The van der Waals surface area contributed by atoms with Gasteiger partial charge < -0.3 is 5.32 Å². The van der Waals surface area contributed by atoms with Gasteiger partial charge in [-0.1, -0.05) is 27.2 Å².